The van der Waals surface area contributed by atoms with E-state index in [0.29, 0.717) is 48.3 Å². The molecule has 0 atom stereocenters. The van der Waals surface area contributed by atoms with Crippen molar-refractivity contribution in [3.8, 4) is 23.1 Å². The van der Waals surface area contributed by atoms with Crippen molar-refractivity contribution in [2.75, 3.05) is 24.8 Å². The second-order valence-electron chi connectivity index (χ2n) is 10.6. The third kappa shape index (κ3) is 7.22. The highest BCUT2D eigenvalue weighted by Gasteiger charge is 2.30. The van der Waals surface area contributed by atoms with Crippen molar-refractivity contribution >= 4 is 34.5 Å². The molecule has 0 aliphatic carbocycles. The normalized spacial score (nSPS) is 14.3. The minimum absolute atomic E-state index is 0. The first kappa shape index (κ1) is 31.8. The Morgan fingerprint density at radius 1 is 0.933 bits per heavy atom. The van der Waals surface area contributed by atoms with Gasteiger partial charge >= 0.3 is 12.2 Å². The number of aromatic nitrogens is 1. The summed E-state index contributed by atoms with van der Waals surface area (Å²) in [5.41, 5.74) is 2.53. The van der Waals surface area contributed by atoms with Gasteiger partial charge in [0.1, 0.15) is 5.75 Å². The molecule has 3 heterocycles. The van der Waals surface area contributed by atoms with Crippen LogP contribution in [0, 0.1) is 6.92 Å². The number of hydrogen-bond acceptors (Lipinski definition) is 6. The molecule has 2 aliphatic rings. The van der Waals surface area contributed by atoms with Crippen molar-refractivity contribution < 1.29 is 37.0 Å². The molecule has 234 valence electrons. The second kappa shape index (κ2) is 13.2. The van der Waals surface area contributed by atoms with Gasteiger partial charge < -0.3 is 19.1 Å². The van der Waals surface area contributed by atoms with Gasteiger partial charge in [-0.3, -0.25) is 9.69 Å². The Kier molecular flexibility index (Phi) is 9.33. The molecule has 0 bridgehead atoms. The zero-order valence-electron chi connectivity index (χ0n) is 24.2. The van der Waals surface area contributed by atoms with Crippen LogP contribution in [0.1, 0.15) is 39.0 Å². The molecule has 1 saturated heterocycles. The van der Waals surface area contributed by atoms with Crippen LogP contribution in [0.25, 0.3) is 0 Å². The van der Waals surface area contributed by atoms with E-state index in [9.17, 15) is 22.8 Å². The van der Waals surface area contributed by atoms with Crippen LogP contribution >= 0.6 is 17.0 Å². The number of urea groups is 1. The SMILES string of the molecule is Br.Cc1cc(N2CCCN(Cc3ccc4c(c3)OCO4)C2=O)ccc1Oc1ccc(CC(=O)c2ccc(C(F)(F)F)cc2)cn1. The number of carbonyl (C=O) groups is 2. The average molecular weight is 685 g/mol. The standard InChI is InChI=1S/C33H28F3N3O5.BrH/c1-21-15-26(39-14-2-13-38(32(39)41)19-23-3-10-29-30(17-23)43-20-42-29)9-11-28(21)44-31-12-4-22(18-37-31)16-27(40)24-5-7-25(8-6-24)33(34,35)36;/h3-12,15,17-18H,2,13-14,16,19-20H2,1H3;1H. The predicted octanol–water partition coefficient (Wildman–Crippen LogP) is 7.77. The molecule has 8 nitrogen and oxygen atoms in total. The van der Waals surface area contributed by atoms with Crippen molar-refractivity contribution in [2.45, 2.75) is 32.5 Å². The van der Waals surface area contributed by atoms with Crippen LogP contribution < -0.4 is 19.1 Å². The number of amides is 2. The van der Waals surface area contributed by atoms with Gasteiger partial charge in [0.2, 0.25) is 12.7 Å². The van der Waals surface area contributed by atoms with E-state index in [1.165, 1.54) is 18.3 Å². The molecule has 4 aromatic rings. The van der Waals surface area contributed by atoms with E-state index in [1.54, 1.807) is 23.1 Å². The smallest absolute Gasteiger partial charge is 0.416 e. The first-order chi connectivity index (χ1) is 21.1. The van der Waals surface area contributed by atoms with Gasteiger partial charge in [-0.2, -0.15) is 13.2 Å². The first-order valence-electron chi connectivity index (χ1n) is 14.0. The fraction of sp³-hybridized carbons (Fsp3) is 0.242. The van der Waals surface area contributed by atoms with Crippen molar-refractivity contribution in [1.29, 1.82) is 0 Å². The monoisotopic (exact) mass is 683 g/mol. The summed E-state index contributed by atoms with van der Waals surface area (Å²) < 4.78 is 55.2. The van der Waals surface area contributed by atoms with E-state index in [2.05, 4.69) is 4.98 Å². The fourth-order valence-electron chi connectivity index (χ4n) is 5.16. The van der Waals surface area contributed by atoms with E-state index in [1.807, 2.05) is 42.2 Å². The van der Waals surface area contributed by atoms with E-state index in [-0.39, 0.29) is 47.6 Å². The maximum absolute atomic E-state index is 13.4. The van der Waals surface area contributed by atoms with E-state index < -0.39 is 11.7 Å². The number of ether oxygens (including phenoxy) is 3. The topological polar surface area (TPSA) is 81.2 Å². The molecule has 1 aromatic heterocycles. The highest BCUT2D eigenvalue weighted by Crippen LogP contribution is 2.34. The van der Waals surface area contributed by atoms with E-state index in [0.717, 1.165) is 35.4 Å². The van der Waals surface area contributed by atoms with Gasteiger partial charge in [0.05, 0.1) is 5.56 Å². The Morgan fingerprint density at radius 2 is 1.69 bits per heavy atom. The third-order valence-electron chi connectivity index (χ3n) is 7.50. The maximum atomic E-state index is 13.4. The number of ketones is 1. The van der Waals surface area contributed by atoms with Crippen molar-refractivity contribution in [1.82, 2.24) is 9.88 Å². The van der Waals surface area contributed by atoms with Gasteiger partial charge in [0.25, 0.3) is 0 Å². The number of halogens is 4. The van der Waals surface area contributed by atoms with Crippen LogP contribution in [-0.2, 0) is 19.1 Å². The number of aryl methyl sites for hydroxylation is 1. The predicted molar refractivity (Wildman–Crippen MR) is 166 cm³/mol. The maximum Gasteiger partial charge on any atom is 0.416 e. The van der Waals surface area contributed by atoms with Crippen LogP contribution in [0.3, 0.4) is 0 Å². The zero-order chi connectivity index (χ0) is 30.8. The molecule has 2 amide bonds. The summed E-state index contributed by atoms with van der Waals surface area (Å²) in [6, 6.07) is 18.6. The first-order valence-corrected chi connectivity index (χ1v) is 14.0. The van der Waals surface area contributed by atoms with Crippen molar-refractivity contribution in [3.05, 3.63) is 107 Å². The molecular weight excluding hydrogens is 655 g/mol. The molecule has 6 rings (SSSR count). The lowest BCUT2D eigenvalue weighted by atomic mass is 10.0. The Balaban J connectivity index is 0.00000400. The lowest BCUT2D eigenvalue weighted by Crippen LogP contribution is -2.49. The highest BCUT2D eigenvalue weighted by molar-refractivity contribution is 8.93. The van der Waals surface area contributed by atoms with Gasteiger partial charge in [-0.15, -0.1) is 17.0 Å². The average Bonchev–Trinajstić information content (AvgIpc) is 3.48. The number of alkyl halides is 3. The lowest BCUT2D eigenvalue weighted by Gasteiger charge is -2.36. The van der Waals surface area contributed by atoms with Crippen LogP contribution in [-0.4, -0.2) is 41.6 Å². The molecule has 0 radical (unpaired) electrons. The zero-order valence-corrected chi connectivity index (χ0v) is 25.9. The minimum atomic E-state index is -4.46. The summed E-state index contributed by atoms with van der Waals surface area (Å²) in [4.78, 5) is 33.8. The molecule has 3 aromatic carbocycles. The number of rotatable bonds is 8. The van der Waals surface area contributed by atoms with E-state index in [4.69, 9.17) is 14.2 Å². The Morgan fingerprint density at radius 3 is 2.40 bits per heavy atom. The number of carbonyl (C=O) groups excluding carboxylic acids is 2. The van der Waals surface area contributed by atoms with Crippen LogP contribution in [0.15, 0.2) is 79.0 Å². The van der Waals surface area contributed by atoms with Gasteiger partial charge in [-0.05, 0) is 72.5 Å². The Bertz CT molecular complexity index is 1700. The molecule has 12 heteroatoms. The largest absolute Gasteiger partial charge is 0.454 e. The molecule has 0 N–H and O–H groups in total. The van der Waals surface area contributed by atoms with Gasteiger partial charge in [0.15, 0.2) is 17.3 Å². The van der Waals surface area contributed by atoms with Gasteiger partial charge in [-0.25, -0.2) is 9.78 Å². The highest BCUT2D eigenvalue weighted by atomic mass is 79.9. The van der Waals surface area contributed by atoms with E-state index >= 15 is 0 Å². The third-order valence-corrected chi connectivity index (χ3v) is 7.50. The number of benzene rings is 3. The summed E-state index contributed by atoms with van der Waals surface area (Å²) in [6.45, 7) is 3.80. The number of anilines is 1. The fourth-order valence-corrected chi connectivity index (χ4v) is 5.16. The second-order valence-corrected chi connectivity index (χ2v) is 10.6. The van der Waals surface area contributed by atoms with Crippen molar-refractivity contribution in [2.24, 2.45) is 0 Å². The summed E-state index contributed by atoms with van der Waals surface area (Å²) in [5.74, 6) is 1.95. The number of fused-ring (bicyclic) bond motifs is 1. The minimum Gasteiger partial charge on any atom is -0.454 e. The number of pyridine rings is 1. The summed E-state index contributed by atoms with van der Waals surface area (Å²) >= 11 is 0. The number of Topliss-reactive ketones (excluding diaryl/α,β-unsaturated/α-hetero) is 1. The molecule has 45 heavy (non-hydrogen) atoms. The van der Waals surface area contributed by atoms with Crippen molar-refractivity contribution in [3.63, 3.8) is 0 Å². The lowest BCUT2D eigenvalue weighted by molar-refractivity contribution is -0.137. The molecule has 0 unspecified atom stereocenters. The quantitative estimate of drug-likeness (QED) is 0.177. The number of nitrogens with zero attached hydrogens (tertiary/aromatic N) is 3. The summed E-state index contributed by atoms with van der Waals surface area (Å²) in [5, 5.41) is 0. The molecule has 0 spiro atoms. The molecular formula is C33H29BrF3N3O5. The number of hydrogen-bond donors (Lipinski definition) is 0. The Labute approximate surface area is 268 Å². The molecule has 1 fully saturated rings. The summed E-state index contributed by atoms with van der Waals surface area (Å²) in [7, 11) is 0. The summed E-state index contributed by atoms with van der Waals surface area (Å²) in [6.07, 6.45) is -2.14. The van der Waals surface area contributed by atoms with Gasteiger partial charge in [0, 0.05) is 49.6 Å². The molecule has 0 saturated carbocycles. The van der Waals surface area contributed by atoms with Gasteiger partial charge in [-0.1, -0.05) is 24.3 Å². The van der Waals surface area contributed by atoms with Crippen LogP contribution in [0.2, 0.25) is 0 Å². The van der Waals surface area contributed by atoms with Crippen LogP contribution in [0.4, 0.5) is 23.7 Å². The Hall–Kier alpha value is -4.58. The molecule has 2 aliphatic heterocycles. The van der Waals surface area contributed by atoms with Crippen LogP contribution in [0.5, 0.6) is 23.1 Å².